The molecule has 0 saturated carbocycles. The molecule has 3 aromatic rings. The summed E-state index contributed by atoms with van der Waals surface area (Å²) >= 11 is 13.0. The van der Waals surface area contributed by atoms with Gasteiger partial charge in [-0.3, -0.25) is 14.3 Å². The Morgan fingerprint density at radius 3 is 2.49 bits per heavy atom. The predicted molar refractivity (Wildman–Crippen MR) is 169 cm³/mol. The molecule has 1 aromatic heterocycles. The molecular weight excluding hydrogens is 615 g/mol. The van der Waals surface area contributed by atoms with Crippen molar-refractivity contribution in [1.29, 1.82) is 0 Å². The highest BCUT2D eigenvalue weighted by Crippen LogP contribution is 2.30. The molecule has 43 heavy (non-hydrogen) atoms. The van der Waals surface area contributed by atoms with Gasteiger partial charge in [0.15, 0.2) is 9.84 Å². The van der Waals surface area contributed by atoms with Crippen LogP contribution in [0.3, 0.4) is 0 Å². The van der Waals surface area contributed by atoms with E-state index in [0.717, 1.165) is 35.1 Å². The average Bonchev–Trinajstić information content (AvgIpc) is 2.92. The molecule has 0 aliphatic carbocycles. The Hall–Kier alpha value is -2.86. The number of aryl methyl sites for hydroxylation is 1. The molecule has 0 radical (unpaired) electrons. The van der Waals surface area contributed by atoms with Crippen LogP contribution in [0.4, 0.5) is 4.79 Å². The number of amides is 1. The molecule has 0 spiro atoms. The molecule has 1 fully saturated rings. The number of benzene rings is 2. The number of piperidine rings is 1. The zero-order chi connectivity index (χ0) is 31.7. The van der Waals surface area contributed by atoms with Crippen LogP contribution < -0.4 is 16.6 Å². The Morgan fingerprint density at radius 1 is 1.12 bits per heavy atom. The van der Waals surface area contributed by atoms with E-state index in [0.29, 0.717) is 19.5 Å². The van der Waals surface area contributed by atoms with Crippen molar-refractivity contribution in [3.8, 4) is 0 Å². The van der Waals surface area contributed by atoms with Gasteiger partial charge in [-0.2, -0.15) is 0 Å². The van der Waals surface area contributed by atoms with E-state index in [2.05, 4.69) is 15.2 Å². The van der Waals surface area contributed by atoms with Crippen LogP contribution in [-0.2, 0) is 34.1 Å². The maximum atomic E-state index is 13.7. The standard InChI is InChI=1S/C30H38Cl2N4O6S/c1-6-18-14-22-26(25(32)23(18)17-35-12-8-9-21(16-35)33-29(39)42-30(3,4)5)34-28(38)36(27(22)37)15-19-13-20(31)10-11-24(19)43(40,41)7-2/h10-11,13-14,21H,6-9,12,15-17H2,1-5H3,(H,33,39)(H,34,38)/t21-/m1/s1. The Morgan fingerprint density at radius 2 is 1.84 bits per heavy atom. The van der Waals surface area contributed by atoms with Gasteiger partial charge in [0.05, 0.1) is 33.1 Å². The summed E-state index contributed by atoms with van der Waals surface area (Å²) in [7, 11) is -3.63. The molecule has 0 unspecified atom stereocenters. The summed E-state index contributed by atoms with van der Waals surface area (Å²) in [6.45, 7) is 10.5. The summed E-state index contributed by atoms with van der Waals surface area (Å²) in [5.74, 6) is -0.141. The van der Waals surface area contributed by atoms with Crippen LogP contribution in [0, 0.1) is 0 Å². The highest BCUT2D eigenvalue weighted by atomic mass is 35.5. The van der Waals surface area contributed by atoms with Gasteiger partial charge in [0.2, 0.25) is 0 Å². The minimum Gasteiger partial charge on any atom is -0.444 e. The lowest BCUT2D eigenvalue weighted by Gasteiger charge is -2.34. The third-order valence-electron chi connectivity index (χ3n) is 7.47. The number of aromatic nitrogens is 2. The fourth-order valence-corrected chi connectivity index (χ4v) is 7.03. The molecule has 234 valence electrons. The first-order chi connectivity index (χ1) is 20.1. The number of hydrogen-bond acceptors (Lipinski definition) is 7. The van der Waals surface area contributed by atoms with Gasteiger partial charge < -0.3 is 15.0 Å². The first kappa shape index (κ1) is 33.0. The zero-order valence-electron chi connectivity index (χ0n) is 25.1. The first-order valence-corrected chi connectivity index (χ1v) is 16.7. The molecule has 1 saturated heterocycles. The van der Waals surface area contributed by atoms with Gasteiger partial charge in [0.25, 0.3) is 5.56 Å². The lowest BCUT2D eigenvalue weighted by molar-refractivity contribution is 0.0470. The number of carbonyl (C=O) groups is 1. The molecule has 1 aliphatic heterocycles. The molecule has 2 N–H and O–H groups in total. The van der Waals surface area contributed by atoms with Crippen molar-refractivity contribution in [1.82, 2.24) is 19.8 Å². The van der Waals surface area contributed by atoms with Crippen molar-refractivity contribution in [2.45, 2.75) is 83.5 Å². The summed E-state index contributed by atoms with van der Waals surface area (Å²) in [6, 6.07) is 5.97. The maximum Gasteiger partial charge on any atom is 0.407 e. The predicted octanol–water partition coefficient (Wildman–Crippen LogP) is 4.89. The lowest BCUT2D eigenvalue weighted by Crippen LogP contribution is -2.48. The number of fused-ring (bicyclic) bond motifs is 1. The van der Waals surface area contributed by atoms with Crippen LogP contribution in [-0.4, -0.2) is 59.4 Å². The fourth-order valence-electron chi connectivity index (χ4n) is 5.39. The van der Waals surface area contributed by atoms with E-state index in [4.69, 9.17) is 27.9 Å². The number of halogens is 2. The average molecular weight is 654 g/mol. The summed E-state index contributed by atoms with van der Waals surface area (Å²) in [4.78, 5) is 44.2. The van der Waals surface area contributed by atoms with E-state index in [9.17, 15) is 22.8 Å². The molecule has 0 bridgehead atoms. The first-order valence-electron chi connectivity index (χ1n) is 14.3. The number of nitrogens with one attached hydrogen (secondary N) is 2. The van der Waals surface area contributed by atoms with Crippen LogP contribution in [0.5, 0.6) is 0 Å². The maximum absolute atomic E-state index is 13.7. The van der Waals surface area contributed by atoms with Crippen molar-refractivity contribution in [2.75, 3.05) is 18.8 Å². The second-order valence-electron chi connectivity index (χ2n) is 11.8. The van der Waals surface area contributed by atoms with Crippen molar-refractivity contribution < 1.29 is 17.9 Å². The van der Waals surface area contributed by atoms with Gasteiger partial charge in [-0.1, -0.05) is 37.0 Å². The SMILES string of the molecule is CCc1cc2c(=O)n(Cc3cc(Cl)ccc3S(=O)(=O)CC)c(=O)[nH]c2c(Cl)c1CN1CCC[C@@H](NC(=O)OC(C)(C)C)C1. The van der Waals surface area contributed by atoms with E-state index in [1.165, 1.54) is 25.1 Å². The van der Waals surface area contributed by atoms with Crippen molar-refractivity contribution in [3.05, 3.63) is 71.8 Å². The van der Waals surface area contributed by atoms with Crippen LogP contribution in [0.15, 0.2) is 38.8 Å². The summed E-state index contributed by atoms with van der Waals surface area (Å²) in [6.07, 6.45) is 1.82. The van der Waals surface area contributed by atoms with Crippen LogP contribution in [0.25, 0.3) is 10.9 Å². The van der Waals surface area contributed by atoms with Crippen molar-refractivity contribution in [3.63, 3.8) is 0 Å². The fraction of sp³-hybridized carbons (Fsp3) is 0.500. The number of carbonyl (C=O) groups excluding carboxylic acids is 1. The number of alkyl carbamates (subject to hydrolysis) is 1. The third kappa shape index (κ3) is 7.63. The topological polar surface area (TPSA) is 131 Å². The Labute approximate surface area is 261 Å². The second-order valence-corrected chi connectivity index (χ2v) is 14.9. The molecule has 1 amide bonds. The summed E-state index contributed by atoms with van der Waals surface area (Å²) in [5, 5.41) is 3.76. The van der Waals surface area contributed by atoms with Gasteiger partial charge in [-0.25, -0.2) is 18.0 Å². The largest absolute Gasteiger partial charge is 0.444 e. The number of rotatable bonds is 8. The van der Waals surface area contributed by atoms with Crippen LogP contribution >= 0.6 is 23.2 Å². The number of aromatic amines is 1. The highest BCUT2D eigenvalue weighted by molar-refractivity contribution is 7.91. The second kappa shape index (κ2) is 13.0. The third-order valence-corrected chi connectivity index (χ3v) is 9.95. The number of nitrogens with zero attached hydrogens (tertiary/aromatic N) is 2. The Kier molecular flexibility index (Phi) is 10.0. The number of likely N-dealkylation sites (tertiary alicyclic amines) is 1. The highest BCUT2D eigenvalue weighted by Gasteiger charge is 2.26. The van der Waals surface area contributed by atoms with E-state index in [1.54, 1.807) is 6.07 Å². The number of ether oxygens (including phenoxy) is 1. The molecule has 2 heterocycles. The number of hydrogen-bond donors (Lipinski definition) is 2. The van der Waals surface area contributed by atoms with Crippen molar-refractivity contribution >= 4 is 50.0 Å². The molecule has 10 nitrogen and oxygen atoms in total. The van der Waals surface area contributed by atoms with E-state index in [1.807, 2.05) is 27.7 Å². The van der Waals surface area contributed by atoms with Gasteiger partial charge >= 0.3 is 11.8 Å². The minimum absolute atomic E-state index is 0.0226. The van der Waals surface area contributed by atoms with Crippen LogP contribution in [0.1, 0.15) is 64.2 Å². The quantitative estimate of drug-likeness (QED) is 0.354. The monoisotopic (exact) mass is 652 g/mol. The van der Waals surface area contributed by atoms with E-state index in [-0.39, 0.29) is 49.7 Å². The molecule has 1 atom stereocenters. The number of sulfone groups is 1. The zero-order valence-corrected chi connectivity index (χ0v) is 27.4. The van der Waals surface area contributed by atoms with E-state index >= 15 is 0 Å². The van der Waals surface area contributed by atoms with E-state index < -0.39 is 32.8 Å². The van der Waals surface area contributed by atoms with Gasteiger partial charge in [-0.15, -0.1) is 0 Å². The Bertz CT molecular complexity index is 1760. The van der Waals surface area contributed by atoms with Gasteiger partial charge in [0.1, 0.15) is 5.60 Å². The molecule has 13 heteroatoms. The normalized spacial score (nSPS) is 16.4. The van der Waals surface area contributed by atoms with Crippen molar-refractivity contribution in [2.24, 2.45) is 0 Å². The minimum atomic E-state index is -3.63. The van der Waals surface area contributed by atoms with Gasteiger partial charge in [-0.05, 0) is 87.5 Å². The molecule has 2 aromatic carbocycles. The molecule has 1 aliphatic rings. The summed E-state index contributed by atoms with van der Waals surface area (Å²) in [5.41, 5.74) is 0.246. The Balaban J connectivity index is 1.67. The smallest absolute Gasteiger partial charge is 0.407 e. The van der Waals surface area contributed by atoms with Crippen LogP contribution in [0.2, 0.25) is 10.0 Å². The summed E-state index contributed by atoms with van der Waals surface area (Å²) < 4.78 is 31.8. The molecule has 4 rings (SSSR count). The number of H-pyrrole nitrogens is 1. The molecular formula is C30H38Cl2N4O6S. The van der Waals surface area contributed by atoms with Gasteiger partial charge in [0, 0.05) is 24.2 Å². The lowest BCUT2D eigenvalue weighted by atomic mass is 9.99.